The van der Waals surface area contributed by atoms with Crippen LogP contribution in [0.25, 0.3) is 0 Å². The van der Waals surface area contributed by atoms with E-state index >= 15 is 0 Å². The fourth-order valence-electron chi connectivity index (χ4n) is 3.18. The van der Waals surface area contributed by atoms with Gasteiger partial charge in [-0.15, -0.1) is 0 Å². The third-order valence-corrected chi connectivity index (χ3v) is 4.63. The zero-order chi connectivity index (χ0) is 21.0. The summed E-state index contributed by atoms with van der Waals surface area (Å²) in [5.41, 5.74) is 1.02. The monoisotopic (exact) mass is 402 g/mol. The first-order valence-electron chi connectivity index (χ1n) is 8.82. The van der Waals surface area contributed by atoms with Crippen LogP contribution in [0.2, 0.25) is 0 Å². The molecule has 9 heteroatoms. The molecular formula is C20H17F3N4O2. The van der Waals surface area contributed by atoms with E-state index in [9.17, 15) is 22.8 Å². The number of halogens is 3. The summed E-state index contributed by atoms with van der Waals surface area (Å²) in [4.78, 5) is 29.5. The number of nitriles is 1. The predicted molar refractivity (Wildman–Crippen MR) is 96.5 cm³/mol. The molecule has 6 nitrogen and oxygen atoms in total. The number of hydrogen-bond acceptors (Lipinski definition) is 4. The van der Waals surface area contributed by atoms with Crippen molar-refractivity contribution in [2.24, 2.45) is 0 Å². The fraction of sp³-hybridized carbons (Fsp3) is 0.300. The van der Waals surface area contributed by atoms with Crippen molar-refractivity contribution in [2.75, 3.05) is 13.1 Å². The highest BCUT2D eigenvalue weighted by Crippen LogP contribution is 2.31. The molecule has 0 unspecified atom stereocenters. The van der Waals surface area contributed by atoms with Crippen molar-refractivity contribution in [1.82, 2.24) is 15.2 Å². The normalized spacial score (nSPS) is 17.6. The number of pyridine rings is 1. The zero-order valence-corrected chi connectivity index (χ0v) is 15.2. The van der Waals surface area contributed by atoms with Crippen molar-refractivity contribution in [3.8, 4) is 6.07 Å². The number of carbonyl (C=O) groups excluding carboxylic acids is 2. The summed E-state index contributed by atoms with van der Waals surface area (Å²) < 4.78 is 40.9. The Labute approximate surface area is 165 Å². The first-order valence-corrected chi connectivity index (χ1v) is 8.82. The van der Waals surface area contributed by atoms with Gasteiger partial charge in [-0.1, -0.05) is 18.2 Å². The van der Waals surface area contributed by atoms with Crippen molar-refractivity contribution >= 4 is 11.8 Å². The van der Waals surface area contributed by atoms with E-state index in [-0.39, 0.29) is 12.0 Å². The van der Waals surface area contributed by atoms with Crippen LogP contribution in [-0.2, 0) is 11.2 Å². The van der Waals surface area contributed by atoms with E-state index < -0.39 is 49.1 Å². The Kier molecular flexibility index (Phi) is 5.82. The molecule has 1 aromatic carbocycles. The Balaban J connectivity index is 1.68. The molecule has 1 atom stereocenters. The van der Waals surface area contributed by atoms with Gasteiger partial charge in [0.25, 0.3) is 11.8 Å². The Morgan fingerprint density at radius 3 is 2.76 bits per heavy atom. The summed E-state index contributed by atoms with van der Waals surface area (Å²) in [5.74, 6) is -4.94. The highest BCUT2D eigenvalue weighted by Gasteiger charge is 2.47. The predicted octanol–water partition coefficient (Wildman–Crippen LogP) is 2.30. The molecule has 29 heavy (non-hydrogen) atoms. The van der Waals surface area contributed by atoms with Gasteiger partial charge in [-0.3, -0.25) is 14.6 Å². The standard InChI is InChI=1S/C20H17F3N4O2/c21-17-4-2-1-3-13(17)7-14-10-25-6-5-16(14)19(29)26-11-18(28)27-12-20(22,23)8-15(27)9-24/h1-6,10,15H,7-8,11-12H2,(H,26,29)/t15-/m0/s1. The lowest BCUT2D eigenvalue weighted by Crippen LogP contribution is -2.43. The highest BCUT2D eigenvalue weighted by atomic mass is 19.3. The number of aromatic nitrogens is 1. The summed E-state index contributed by atoms with van der Waals surface area (Å²) in [5, 5.41) is 11.4. The second kappa shape index (κ2) is 8.31. The van der Waals surface area contributed by atoms with Crippen LogP contribution in [0.4, 0.5) is 13.2 Å². The lowest BCUT2D eigenvalue weighted by molar-refractivity contribution is -0.131. The van der Waals surface area contributed by atoms with E-state index in [4.69, 9.17) is 5.26 Å². The summed E-state index contributed by atoms with van der Waals surface area (Å²) in [6.07, 6.45) is 2.20. The number of nitrogens with one attached hydrogen (secondary N) is 1. The fourth-order valence-corrected chi connectivity index (χ4v) is 3.18. The minimum absolute atomic E-state index is 0.117. The number of rotatable bonds is 5. The molecule has 0 spiro atoms. The number of likely N-dealkylation sites (tertiary alicyclic amines) is 1. The number of hydrogen-bond donors (Lipinski definition) is 1. The maximum Gasteiger partial charge on any atom is 0.268 e. The number of alkyl halides is 2. The van der Waals surface area contributed by atoms with Crippen molar-refractivity contribution in [3.63, 3.8) is 0 Å². The average Bonchev–Trinajstić information content (AvgIpc) is 3.03. The number of benzene rings is 1. The molecule has 0 bridgehead atoms. The summed E-state index contributed by atoms with van der Waals surface area (Å²) in [7, 11) is 0. The van der Waals surface area contributed by atoms with Crippen LogP contribution in [0.3, 0.4) is 0 Å². The van der Waals surface area contributed by atoms with E-state index in [1.807, 2.05) is 0 Å². The molecular weight excluding hydrogens is 385 g/mol. The molecule has 2 heterocycles. The van der Waals surface area contributed by atoms with Crippen LogP contribution >= 0.6 is 0 Å². The second-order valence-electron chi connectivity index (χ2n) is 6.71. The molecule has 0 saturated carbocycles. The first kappa shape index (κ1) is 20.3. The molecule has 1 saturated heterocycles. The van der Waals surface area contributed by atoms with Crippen LogP contribution < -0.4 is 5.32 Å². The van der Waals surface area contributed by atoms with Gasteiger partial charge in [0.2, 0.25) is 5.91 Å². The molecule has 2 aromatic rings. The highest BCUT2D eigenvalue weighted by molar-refractivity contribution is 5.97. The maximum atomic E-state index is 13.9. The molecule has 1 aliphatic rings. The SMILES string of the molecule is N#C[C@@H]1CC(F)(F)CN1C(=O)CNC(=O)c1ccncc1Cc1ccccc1F. The Hall–Kier alpha value is -3.41. The first-order chi connectivity index (χ1) is 13.8. The third kappa shape index (κ3) is 4.71. The Morgan fingerprint density at radius 1 is 1.28 bits per heavy atom. The molecule has 150 valence electrons. The summed E-state index contributed by atoms with van der Waals surface area (Å²) >= 11 is 0. The van der Waals surface area contributed by atoms with Crippen molar-refractivity contribution < 1.29 is 22.8 Å². The van der Waals surface area contributed by atoms with Crippen molar-refractivity contribution in [2.45, 2.75) is 24.8 Å². The van der Waals surface area contributed by atoms with Gasteiger partial charge in [-0.05, 0) is 23.3 Å². The van der Waals surface area contributed by atoms with Crippen LogP contribution in [0.15, 0.2) is 42.7 Å². The van der Waals surface area contributed by atoms with Gasteiger partial charge in [0, 0.05) is 30.8 Å². The molecule has 1 N–H and O–H groups in total. The zero-order valence-electron chi connectivity index (χ0n) is 15.2. The van der Waals surface area contributed by atoms with Crippen LogP contribution in [0.1, 0.15) is 27.9 Å². The average molecular weight is 402 g/mol. The van der Waals surface area contributed by atoms with Gasteiger partial charge < -0.3 is 10.2 Å². The van der Waals surface area contributed by atoms with Gasteiger partial charge in [0.1, 0.15) is 11.9 Å². The van der Waals surface area contributed by atoms with Gasteiger partial charge >= 0.3 is 0 Å². The summed E-state index contributed by atoms with van der Waals surface area (Å²) in [6, 6.07) is 8.00. The molecule has 3 rings (SSSR count). The minimum atomic E-state index is -3.13. The van der Waals surface area contributed by atoms with E-state index in [2.05, 4.69) is 10.3 Å². The van der Waals surface area contributed by atoms with E-state index in [0.29, 0.717) is 11.1 Å². The quantitative estimate of drug-likeness (QED) is 0.832. The lowest BCUT2D eigenvalue weighted by atomic mass is 10.0. The van der Waals surface area contributed by atoms with Gasteiger partial charge in [-0.25, -0.2) is 13.2 Å². The molecule has 1 fully saturated rings. The van der Waals surface area contributed by atoms with Crippen LogP contribution in [-0.4, -0.2) is 46.8 Å². The van der Waals surface area contributed by atoms with Crippen LogP contribution in [0, 0.1) is 17.1 Å². The number of amides is 2. The Morgan fingerprint density at radius 2 is 2.03 bits per heavy atom. The molecule has 0 aliphatic carbocycles. The largest absolute Gasteiger partial charge is 0.343 e. The smallest absolute Gasteiger partial charge is 0.268 e. The van der Waals surface area contributed by atoms with Gasteiger partial charge in [0.05, 0.1) is 19.2 Å². The van der Waals surface area contributed by atoms with Crippen molar-refractivity contribution in [3.05, 3.63) is 65.2 Å². The second-order valence-corrected chi connectivity index (χ2v) is 6.71. The van der Waals surface area contributed by atoms with E-state index in [1.165, 1.54) is 24.5 Å². The van der Waals surface area contributed by atoms with E-state index in [1.54, 1.807) is 24.3 Å². The maximum absolute atomic E-state index is 13.9. The molecule has 1 aliphatic heterocycles. The van der Waals surface area contributed by atoms with Gasteiger partial charge in [0.15, 0.2) is 0 Å². The third-order valence-electron chi connectivity index (χ3n) is 4.63. The molecule has 2 amide bonds. The minimum Gasteiger partial charge on any atom is -0.343 e. The topological polar surface area (TPSA) is 86.1 Å². The number of carbonyl (C=O) groups is 2. The van der Waals surface area contributed by atoms with E-state index in [0.717, 1.165) is 4.90 Å². The summed E-state index contributed by atoms with van der Waals surface area (Å²) in [6.45, 7) is -1.39. The molecule has 0 radical (unpaired) electrons. The van der Waals surface area contributed by atoms with Crippen molar-refractivity contribution in [1.29, 1.82) is 5.26 Å². The number of nitrogens with zero attached hydrogens (tertiary/aromatic N) is 3. The molecule has 1 aromatic heterocycles. The Bertz CT molecular complexity index is 974. The lowest BCUT2D eigenvalue weighted by Gasteiger charge is -2.19. The van der Waals surface area contributed by atoms with Crippen LogP contribution in [0.5, 0.6) is 0 Å². The van der Waals surface area contributed by atoms with Gasteiger partial charge in [-0.2, -0.15) is 5.26 Å².